The molecule has 7 nitrogen and oxygen atoms in total. The Morgan fingerprint density at radius 1 is 1.05 bits per heavy atom. The van der Waals surface area contributed by atoms with Crippen LogP contribution in [0.5, 0.6) is 11.5 Å². The third kappa shape index (κ3) is 5.90. The number of piperidine rings is 2. The summed E-state index contributed by atoms with van der Waals surface area (Å²) in [5, 5.41) is 11.7. The van der Waals surface area contributed by atoms with Crippen molar-refractivity contribution in [3.05, 3.63) is 58.4 Å². The summed E-state index contributed by atoms with van der Waals surface area (Å²) in [4.78, 5) is 18.2. The molecule has 3 aromatic rings. The van der Waals surface area contributed by atoms with Gasteiger partial charge in [0.25, 0.3) is 0 Å². The molecule has 2 saturated heterocycles. The second kappa shape index (κ2) is 12.3. The number of hydrogen-bond acceptors (Lipinski definition) is 7. The molecule has 7 heteroatoms. The average molecular weight is 521 g/mol. The molecule has 2 aliphatic heterocycles. The quantitative estimate of drug-likeness (QED) is 0.288. The number of fused-ring (bicyclic) bond motifs is 2. The zero-order valence-corrected chi connectivity index (χ0v) is 22.7. The van der Waals surface area contributed by atoms with Gasteiger partial charge < -0.3 is 23.9 Å². The van der Waals surface area contributed by atoms with E-state index < -0.39 is 5.63 Å². The fourth-order valence-corrected chi connectivity index (χ4v) is 6.37. The number of rotatable bonds is 10. The van der Waals surface area contributed by atoms with Gasteiger partial charge in [0.05, 0.1) is 18.2 Å². The molecule has 2 atom stereocenters. The van der Waals surface area contributed by atoms with Gasteiger partial charge in [-0.15, -0.1) is 0 Å². The van der Waals surface area contributed by atoms with E-state index in [0.29, 0.717) is 41.8 Å². The van der Waals surface area contributed by atoms with Gasteiger partial charge in [0, 0.05) is 44.8 Å². The highest BCUT2D eigenvalue weighted by Crippen LogP contribution is 2.34. The van der Waals surface area contributed by atoms with E-state index in [1.54, 1.807) is 20.3 Å². The number of nitrogens with zero attached hydrogens (tertiary/aromatic N) is 2. The van der Waals surface area contributed by atoms with Crippen LogP contribution in [0, 0.1) is 5.92 Å². The minimum absolute atomic E-state index is 0.164. The van der Waals surface area contributed by atoms with Crippen LogP contribution in [0.3, 0.4) is 0 Å². The maximum absolute atomic E-state index is 13.1. The molecule has 2 aliphatic rings. The standard InChI is InChI=1S/C31H40N2O5/c1-36-18-6-15-32(20-24-7-5-17-33-16-4-3-8-28(24)33)21-27-29(34)14-11-23-19-26(31(35)38-30(23)27)22-9-12-25(37-2)13-10-22/h9-14,19,24,28,34H,3-8,15-18,20-21H2,1-2H3/t24-,28+/m0/s1. The number of methoxy groups -OCH3 is 2. The predicted molar refractivity (Wildman–Crippen MR) is 150 cm³/mol. The number of hydrogen-bond donors (Lipinski definition) is 1. The van der Waals surface area contributed by atoms with Crippen LogP contribution in [0.2, 0.25) is 0 Å². The number of phenols is 1. The summed E-state index contributed by atoms with van der Waals surface area (Å²) in [6.45, 7) is 5.49. The summed E-state index contributed by atoms with van der Waals surface area (Å²) in [7, 11) is 3.35. The van der Waals surface area contributed by atoms with E-state index in [2.05, 4.69) is 9.80 Å². The lowest BCUT2D eigenvalue weighted by Crippen LogP contribution is -2.51. The second-order valence-corrected chi connectivity index (χ2v) is 10.7. The van der Waals surface area contributed by atoms with E-state index in [4.69, 9.17) is 13.9 Å². The lowest BCUT2D eigenvalue weighted by Gasteiger charge is -2.45. The summed E-state index contributed by atoms with van der Waals surface area (Å²) in [6, 6.07) is 13.4. The highest BCUT2D eigenvalue weighted by molar-refractivity contribution is 5.85. The van der Waals surface area contributed by atoms with Gasteiger partial charge in [0.2, 0.25) is 0 Å². The second-order valence-electron chi connectivity index (χ2n) is 10.7. The zero-order valence-electron chi connectivity index (χ0n) is 22.7. The molecule has 2 fully saturated rings. The van der Waals surface area contributed by atoms with Gasteiger partial charge in [0.1, 0.15) is 17.1 Å². The molecule has 1 aromatic heterocycles. The first-order chi connectivity index (χ1) is 18.6. The Bertz CT molecular complexity index is 1270. The molecule has 0 radical (unpaired) electrons. The number of phenolic OH excluding ortho intramolecular Hbond substituents is 1. The molecule has 1 N–H and O–H groups in total. The first-order valence-corrected chi connectivity index (χ1v) is 14.0. The van der Waals surface area contributed by atoms with E-state index in [1.807, 2.05) is 36.4 Å². The van der Waals surface area contributed by atoms with Crippen molar-refractivity contribution in [3.8, 4) is 22.6 Å². The molecule has 0 spiro atoms. The minimum Gasteiger partial charge on any atom is -0.507 e. The molecule has 0 aliphatic carbocycles. The predicted octanol–water partition coefficient (Wildman–Crippen LogP) is 5.28. The normalized spacial score (nSPS) is 20.1. The molecule has 0 saturated carbocycles. The van der Waals surface area contributed by atoms with Crippen molar-refractivity contribution in [2.75, 3.05) is 47.0 Å². The highest BCUT2D eigenvalue weighted by atomic mass is 16.5. The van der Waals surface area contributed by atoms with Crippen LogP contribution < -0.4 is 10.4 Å². The first kappa shape index (κ1) is 26.7. The van der Waals surface area contributed by atoms with Crippen LogP contribution in [0.1, 0.15) is 44.1 Å². The van der Waals surface area contributed by atoms with Crippen molar-refractivity contribution in [1.82, 2.24) is 9.80 Å². The summed E-state index contributed by atoms with van der Waals surface area (Å²) in [5.74, 6) is 1.50. The van der Waals surface area contributed by atoms with Crippen molar-refractivity contribution >= 4 is 11.0 Å². The van der Waals surface area contributed by atoms with E-state index in [1.165, 1.54) is 45.2 Å². The summed E-state index contributed by atoms with van der Waals surface area (Å²) >= 11 is 0. The van der Waals surface area contributed by atoms with E-state index in [0.717, 1.165) is 36.2 Å². The molecule has 204 valence electrons. The van der Waals surface area contributed by atoms with Gasteiger partial charge in [-0.25, -0.2) is 4.79 Å². The summed E-state index contributed by atoms with van der Waals surface area (Å²) in [5.41, 5.74) is 1.99. The van der Waals surface area contributed by atoms with Crippen LogP contribution in [-0.2, 0) is 11.3 Å². The molecule has 0 bridgehead atoms. The maximum Gasteiger partial charge on any atom is 0.344 e. The van der Waals surface area contributed by atoms with Gasteiger partial charge in [-0.2, -0.15) is 0 Å². The Balaban J connectivity index is 1.43. The van der Waals surface area contributed by atoms with E-state index in [9.17, 15) is 9.90 Å². The van der Waals surface area contributed by atoms with Gasteiger partial charge >= 0.3 is 5.63 Å². The van der Waals surface area contributed by atoms with Crippen molar-refractivity contribution in [2.24, 2.45) is 5.92 Å². The zero-order chi connectivity index (χ0) is 26.5. The average Bonchev–Trinajstić information content (AvgIpc) is 2.95. The molecule has 0 amide bonds. The van der Waals surface area contributed by atoms with E-state index in [-0.39, 0.29) is 5.75 Å². The molecule has 0 unspecified atom stereocenters. The molecule has 2 aromatic carbocycles. The smallest absolute Gasteiger partial charge is 0.344 e. The van der Waals surface area contributed by atoms with Crippen molar-refractivity contribution in [2.45, 2.75) is 51.1 Å². The molecule has 5 rings (SSSR count). The summed E-state index contributed by atoms with van der Waals surface area (Å²) in [6.07, 6.45) is 7.29. The highest BCUT2D eigenvalue weighted by Gasteiger charge is 2.34. The lowest BCUT2D eigenvalue weighted by molar-refractivity contribution is 0.0372. The van der Waals surface area contributed by atoms with Crippen LogP contribution in [0.25, 0.3) is 22.1 Å². The summed E-state index contributed by atoms with van der Waals surface area (Å²) < 4.78 is 16.5. The Morgan fingerprint density at radius 2 is 1.87 bits per heavy atom. The van der Waals surface area contributed by atoms with Gasteiger partial charge in [0.15, 0.2) is 0 Å². The Morgan fingerprint density at radius 3 is 2.66 bits per heavy atom. The van der Waals surface area contributed by atoms with Crippen LogP contribution in [0.4, 0.5) is 0 Å². The van der Waals surface area contributed by atoms with Gasteiger partial charge in [-0.05, 0) is 87.0 Å². The molecular formula is C31H40N2O5. The number of ether oxygens (including phenoxy) is 2. The molecule has 3 heterocycles. The third-order valence-corrected chi connectivity index (χ3v) is 8.31. The molecular weight excluding hydrogens is 480 g/mol. The fraction of sp³-hybridized carbons (Fsp3) is 0.516. The van der Waals surface area contributed by atoms with E-state index >= 15 is 0 Å². The van der Waals surface area contributed by atoms with Crippen LogP contribution in [-0.4, -0.2) is 68.0 Å². The van der Waals surface area contributed by atoms with Crippen molar-refractivity contribution in [1.29, 1.82) is 0 Å². The van der Waals surface area contributed by atoms with Crippen molar-refractivity contribution in [3.63, 3.8) is 0 Å². The third-order valence-electron chi connectivity index (χ3n) is 8.31. The van der Waals surface area contributed by atoms with Crippen LogP contribution in [0.15, 0.2) is 51.7 Å². The largest absolute Gasteiger partial charge is 0.507 e. The Hall–Kier alpha value is -2.87. The van der Waals surface area contributed by atoms with Crippen molar-refractivity contribution < 1.29 is 19.0 Å². The maximum atomic E-state index is 13.1. The van der Waals surface area contributed by atoms with Gasteiger partial charge in [-0.1, -0.05) is 18.6 Å². The number of benzene rings is 2. The SMILES string of the molecule is COCCCN(Cc1c(O)ccc2cc(-c3ccc(OC)cc3)c(=O)oc12)C[C@@H]1CCCN2CCCC[C@H]12. The Kier molecular flexibility index (Phi) is 8.67. The number of aromatic hydroxyl groups is 1. The fourth-order valence-electron chi connectivity index (χ4n) is 6.37. The minimum atomic E-state index is -0.412. The topological polar surface area (TPSA) is 75.4 Å². The Labute approximate surface area is 225 Å². The van der Waals surface area contributed by atoms with Gasteiger partial charge in [-0.3, -0.25) is 4.90 Å². The first-order valence-electron chi connectivity index (χ1n) is 14.0. The monoisotopic (exact) mass is 520 g/mol. The molecule has 38 heavy (non-hydrogen) atoms. The lowest BCUT2D eigenvalue weighted by atomic mass is 9.83. The van der Waals surface area contributed by atoms with Crippen LogP contribution >= 0.6 is 0 Å².